The summed E-state index contributed by atoms with van der Waals surface area (Å²) in [5, 5.41) is 16.6. The SMILES string of the molecule is CC(C)(O)CNC(=O)C1CNCCOC1c1ccc(Cl)c(Cl)c1. The average molecular weight is 361 g/mol. The van der Waals surface area contributed by atoms with Crippen LogP contribution in [0.1, 0.15) is 25.5 Å². The highest BCUT2D eigenvalue weighted by atomic mass is 35.5. The van der Waals surface area contributed by atoms with Gasteiger partial charge in [0.15, 0.2) is 0 Å². The molecule has 0 aliphatic carbocycles. The first-order valence-corrected chi connectivity index (χ1v) is 8.31. The summed E-state index contributed by atoms with van der Waals surface area (Å²) in [4.78, 5) is 12.5. The standard InChI is InChI=1S/C16H22Cl2N2O3/c1-16(2,22)9-20-15(21)11-8-19-5-6-23-14(11)10-3-4-12(17)13(18)7-10/h3-4,7,11,14,19,22H,5-6,8-9H2,1-2H3,(H,20,21). The van der Waals surface area contributed by atoms with Crippen LogP contribution >= 0.6 is 23.2 Å². The minimum Gasteiger partial charge on any atom is -0.389 e. The van der Waals surface area contributed by atoms with E-state index in [1.807, 2.05) is 6.07 Å². The lowest BCUT2D eigenvalue weighted by Gasteiger charge is -2.26. The summed E-state index contributed by atoms with van der Waals surface area (Å²) in [6, 6.07) is 5.25. The Morgan fingerprint density at radius 2 is 2.17 bits per heavy atom. The lowest BCUT2D eigenvalue weighted by Crippen LogP contribution is -2.44. The third kappa shape index (κ3) is 5.33. The van der Waals surface area contributed by atoms with Crippen LogP contribution in [0.5, 0.6) is 0 Å². The van der Waals surface area contributed by atoms with Gasteiger partial charge in [0.1, 0.15) is 0 Å². The topological polar surface area (TPSA) is 70.6 Å². The molecule has 5 nitrogen and oxygen atoms in total. The van der Waals surface area contributed by atoms with Gasteiger partial charge in [-0.2, -0.15) is 0 Å². The number of carbonyl (C=O) groups excluding carboxylic acids is 1. The molecule has 3 N–H and O–H groups in total. The lowest BCUT2D eigenvalue weighted by molar-refractivity contribution is -0.130. The van der Waals surface area contributed by atoms with Crippen LogP contribution in [0.3, 0.4) is 0 Å². The Hall–Kier alpha value is -0.850. The molecule has 1 heterocycles. The zero-order valence-corrected chi connectivity index (χ0v) is 14.7. The highest BCUT2D eigenvalue weighted by Crippen LogP contribution is 2.32. The van der Waals surface area contributed by atoms with E-state index in [0.717, 1.165) is 5.56 Å². The Labute approximate surface area is 146 Å². The van der Waals surface area contributed by atoms with E-state index in [4.69, 9.17) is 27.9 Å². The predicted octanol–water partition coefficient (Wildman–Crippen LogP) is 2.16. The zero-order chi connectivity index (χ0) is 17.0. The molecule has 2 atom stereocenters. The monoisotopic (exact) mass is 360 g/mol. The summed E-state index contributed by atoms with van der Waals surface area (Å²) < 4.78 is 5.86. The van der Waals surface area contributed by atoms with Gasteiger partial charge in [0, 0.05) is 19.6 Å². The Morgan fingerprint density at radius 3 is 2.83 bits per heavy atom. The first kappa shape index (κ1) is 18.5. The smallest absolute Gasteiger partial charge is 0.227 e. The third-order valence-corrected chi connectivity index (χ3v) is 4.35. The van der Waals surface area contributed by atoms with Crippen LogP contribution in [0.15, 0.2) is 18.2 Å². The highest BCUT2D eigenvalue weighted by Gasteiger charge is 2.32. The van der Waals surface area contributed by atoms with Crippen molar-refractivity contribution in [3.63, 3.8) is 0 Å². The molecule has 1 aromatic rings. The summed E-state index contributed by atoms with van der Waals surface area (Å²) in [5.74, 6) is -0.588. The molecule has 1 saturated heterocycles. The Kier molecular flexibility index (Phi) is 6.28. The van der Waals surface area contributed by atoms with Crippen molar-refractivity contribution in [1.82, 2.24) is 10.6 Å². The molecule has 23 heavy (non-hydrogen) atoms. The minimum atomic E-state index is -0.965. The normalized spacial score (nSPS) is 22.5. The van der Waals surface area contributed by atoms with E-state index >= 15 is 0 Å². The number of rotatable bonds is 4. The molecule has 7 heteroatoms. The quantitative estimate of drug-likeness (QED) is 0.769. The number of carbonyl (C=O) groups is 1. The molecule has 1 aliphatic rings. The van der Waals surface area contributed by atoms with Crippen molar-refractivity contribution in [2.45, 2.75) is 25.6 Å². The summed E-state index contributed by atoms with van der Waals surface area (Å²) in [6.07, 6.45) is -0.415. The van der Waals surface area contributed by atoms with Gasteiger partial charge in [-0.15, -0.1) is 0 Å². The Morgan fingerprint density at radius 1 is 1.43 bits per heavy atom. The second-order valence-electron chi connectivity index (χ2n) is 6.31. The van der Waals surface area contributed by atoms with Crippen molar-refractivity contribution in [3.8, 4) is 0 Å². The second kappa shape index (κ2) is 7.81. The number of benzene rings is 1. The van der Waals surface area contributed by atoms with Crippen LogP contribution in [-0.4, -0.2) is 42.9 Å². The summed E-state index contributed by atoms with van der Waals surface area (Å²) in [6.45, 7) is 5.13. The maximum Gasteiger partial charge on any atom is 0.227 e. The van der Waals surface area contributed by atoms with Crippen molar-refractivity contribution in [1.29, 1.82) is 0 Å². The van der Waals surface area contributed by atoms with Crippen LogP contribution in [0, 0.1) is 5.92 Å². The number of aliphatic hydroxyl groups is 1. The van der Waals surface area contributed by atoms with Crippen LogP contribution in [0.25, 0.3) is 0 Å². The van der Waals surface area contributed by atoms with Gasteiger partial charge in [0.25, 0.3) is 0 Å². The van der Waals surface area contributed by atoms with Gasteiger partial charge in [-0.1, -0.05) is 29.3 Å². The number of amides is 1. The molecular formula is C16H22Cl2N2O3. The first-order chi connectivity index (χ1) is 10.8. The van der Waals surface area contributed by atoms with Gasteiger partial charge in [-0.05, 0) is 31.5 Å². The van der Waals surface area contributed by atoms with E-state index in [9.17, 15) is 9.90 Å². The van der Waals surface area contributed by atoms with Crippen LogP contribution in [0.4, 0.5) is 0 Å². The molecule has 0 radical (unpaired) electrons. The second-order valence-corrected chi connectivity index (χ2v) is 7.12. The van der Waals surface area contributed by atoms with Crippen molar-refractivity contribution >= 4 is 29.1 Å². The molecule has 2 unspecified atom stereocenters. The lowest BCUT2D eigenvalue weighted by atomic mass is 9.94. The molecule has 2 rings (SSSR count). The molecule has 0 spiro atoms. The van der Waals surface area contributed by atoms with Gasteiger partial charge in [-0.3, -0.25) is 4.79 Å². The van der Waals surface area contributed by atoms with Gasteiger partial charge in [-0.25, -0.2) is 0 Å². The molecule has 0 aromatic heterocycles. The maximum absolute atomic E-state index is 12.5. The summed E-state index contributed by atoms with van der Waals surface area (Å²) in [7, 11) is 0. The number of halogens is 2. The van der Waals surface area contributed by atoms with E-state index in [0.29, 0.717) is 29.7 Å². The highest BCUT2D eigenvalue weighted by molar-refractivity contribution is 6.42. The van der Waals surface area contributed by atoms with E-state index in [1.54, 1.807) is 26.0 Å². The third-order valence-electron chi connectivity index (χ3n) is 3.61. The number of nitrogens with one attached hydrogen (secondary N) is 2. The van der Waals surface area contributed by atoms with E-state index < -0.39 is 17.6 Å². The van der Waals surface area contributed by atoms with E-state index in [1.165, 1.54) is 0 Å². The molecule has 128 valence electrons. The largest absolute Gasteiger partial charge is 0.389 e. The van der Waals surface area contributed by atoms with Gasteiger partial charge < -0.3 is 20.5 Å². The molecule has 1 amide bonds. The van der Waals surface area contributed by atoms with Gasteiger partial charge in [0.05, 0.1) is 34.3 Å². The van der Waals surface area contributed by atoms with Gasteiger partial charge in [0.2, 0.25) is 5.91 Å². The van der Waals surface area contributed by atoms with Gasteiger partial charge >= 0.3 is 0 Å². The van der Waals surface area contributed by atoms with E-state index in [2.05, 4.69) is 10.6 Å². The van der Waals surface area contributed by atoms with Crippen molar-refractivity contribution in [3.05, 3.63) is 33.8 Å². The summed E-state index contributed by atoms with van der Waals surface area (Å²) >= 11 is 12.0. The molecule has 0 saturated carbocycles. The maximum atomic E-state index is 12.5. The van der Waals surface area contributed by atoms with Crippen molar-refractivity contribution < 1.29 is 14.6 Å². The molecule has 1 aliphatic heterocycles. The minimum absolute atomic E-state index is 0.169. The Balaban J connectivity index is 2.19. The summed E-state index contributed by atoms with van der Waals surface area (Å²) in [5.41, 5.74) is -0.153. The van der Waals surface area contributed by atoms with Crippen molar-refractivity contribution in [2.24, 2.45) is 5.92 Å². The molecule has 1 aromatic carbocycles. The van der Waals surface area contributed by atoms with Crippen LogP contribution in [0.2, 0.25) is 10.0 Å². The Bertz CT molecular complexity index is 561. The van der Waals surface area contributed by atoms with Crippen LogP contribution < -0.4 is 10.6 Å². The number of hydrogen-bond acceptors (Lipinski definition) is 4. The predicted molar refractivity (Wildman–Crippen MR) is 90.8 cm³/mol. The fourth-order valence-electron chi connectivity index (χ4n) is 2.42. The number of hydrogen-bond donors (Lipinski definition) is 3. The van der Waals surface area contributed by atoms with Crippen LogP contribution in [-0.2, 0) is 9.53 Å². The zero-order valence-electron chi connectivity index (χ0n) is 13.2. The first-order valence-electron chi connectivity index (χ1n) is 7.55. The van der Waals surface area contributed by atoms with E-state index in [-0.39, 0.29) is 12.5 Å². The van der Waals surface area contributed by atoms with Crippen molar-refractivity contribution in [2.75, 3.05) is 26.2 Å². The molecule has 1 fully saturated rings. The molecular weight excluding hydrogens is 339 g/mol. The molecule has 0 bridgehead atoms. The average Bonchev–Trinajstić information content (AvgIpc) is 2.72. The fraction of sp³-hybridized carbons (Fsp3) is 0.562. The fourth-order valence-corrected chi connectivity index (χ4v) is 2.73. The number of ether oxygens (including phenoxy) is 1.